The molecule has 0 spiro atoms. The van der Waals surface area contributed by atoms with E-state index in [4.69, 9.17) is 0 Å². The topological polar surface area (TPSA) is 17.1 Å². The van der Waals surface area contributed by atoms with E-state index in [0.717, 1.165) is 32.8 Å². The molecule has 0 amide bonds. The lowest BCUT2D eigenvalue weighted by atomic mass is 9.99. The van der Waals surface area contributed by atoms with Crippen LogP contribution in [-0.2, 0) is 6.42 Å². The van der Waals surface area contributed by atoms with Gasteiger partial charge in [-0.1, -0.05) is 65.3 Å². The smallest absolute Gasteiger partial charge is 0.193 e. The van der Waals surface area contributed by atoms with Crippen molar-refractivity contribution in [1.82, 2.24) is 0 Å². The van der Waals surface area contributed by atoms with E-state index in [-0.39, 0.29) is 5.78 Å². The van der Waals surface area contributed by atoms with Gasteiger partial charge in [0.2, 0.25) is 0 Å². The summed E-state index contributed by atoms with van der Waals surface area (Å²) in [4.78, 5) is 12.5. The Kier molecular flexibility index (Phi) is 3.89. The second kappa shape index (κ2) is 5.82. The fraction of sp³-hybridized carbons (Fsp3) is 0.105. The van der Waals surface area contributed by atoms with Crippen LogP contribution in [0.2, 0.25) is 0 Å². The van der Waals surface area contributed by atoms with Crippen molar-refractivity contribution < 1.29 is 4.79 Å². The van der Waals surface area contributed by atoms with Gasteiger partial charge in [-0.25, -0.2) is 0 Å². The zero-order chi connectivity index (χ0) is 14.8. The zero-order valence-electron chi connectivity index (χ0n) is 11.8. The van der Waals surface area contributed by atoms with Crippen molar-refractivity contribution in [2.45, 2.75) is 13.3 Å². The number of halogens is 1. The minimum absolute atomic E-state index is 0.0717. The molecule has 0 atom stereocenters. The van der Waals surface area contributed by atoms with Gasteiger partial charge >= 0.3 is 0 Å². The highest BCUT2D eigenvalue weighted by atomic mass is 79.9. The predicted molar refractivity (Wildman–Crippen MR) is 90.9 cm³/mol. The molecule has 0 heterocycles. The monoisotopic (exact) mass is 338 g/mol. The van der Waals surface area contributed by atoms with E-state index >= 15 is 0 Å². The molecular weight excluding hydrogens is 324 g/mol. The van der Waals surface area contributed by atoms with Gasteiger partial charge in [0.1, 0.15) is 0 Å². The number of hydrogen-bond acceptors (Lipinski definition) is 1. The maximum absolute atomic E-state index is 12.5. The first-order valence-corrected chi connectivity index (χ1v) is 7.79. The Morgan fingerprint density at radius 1 is 0.857 bits per heavy atom. The average Bonchev–Trinajstić information content (AvgIpc) is 2.53. The number of benzene rings is 3. The Hall–Kier alpha value is -1.93. The highest BCUT2D eigenvalue weighted by Crippen LogP contribution is 2.22. The SMILES string of the molecule is CCc1ccc(C(=O)c2ccc3cc(Br)ccc3c2)cc1. The predicted octanol–water partition coefficient (Wildman–Crippen LogP) is 5.40. The van der Waals surface area contributed by atoms with Crippen LogP contribution in [0.1, 0.15) is 28.4 Å². The number of carbonyl (C=O) groups is 1. The van der Waals surface area contributed by atoms with Gasteiger partial charge in [-0.05, 0) is 41.0 Å². The lowest BCUT2D eigenvalue weighted by molar-refractivity contribution is 0.103. The number of ketones is 1. The van der Waals surface area contributed by atoms with Crippen LogP contribution in [0.25, 0.3) is 10.8 Å². The number of fused-ring (bicyclic) bond motifs is 1. The molecule has 1 nitrogen and oxygen atoms in total. The maximum Gasteiger partial charge on any atom is 0.193 e. The van der Waals surface area contributed by atoms with Crippen LogP contribution in [0.15, 0.2) is 65.1 Å². The third-order valence-corrected chi connectivity index (χ3v) is 4.18. The molecule has 3 rings (SSSR count). The second-order valence-corrected chi connectivity index (χ2v) is 6.00. The average molecular weight is 339 g/mol. The standard InChI is InChI=1S/C19H15BrO/c1-2-13-3-5-14(6-4-13)19(21)17-8-7-16-12-18(20)10-9-15(16)11-17/h3-12H,2H2,1H3. The molecule has 0 bridgehead atoms. The Bertz CT molecular complexity index is 803. The fourth-order valence-electron chi connectivity index (χ4n) is 2.42. The van der Waals surface area contributed by atoms with Gasteiger partial charge in [0.15, 0.2) is 5.78 Å². The molecule has 0 aliphatic heterocycles. The normalized spacial score (nSPS) is 10.8. The zero-order valence-corrected chi connectivity index (χ0v) is 13.4. The lowest BCUT2D eigenvalue weighted by Crippen LogP contribution is -2.01. The summed E-state index contributed by atoms with van der Waals surface area (Å²) in [7, 11) is 0. The van der Waals surface area contributed by atoms with Crippen LogP contribution < -0.4 is 0 Å². The van der Waals surface area contributed by atoms with Crippen molar-refractivity contribution in [2.75, 3.05) is 0 Å². The van der Waals surface area contributed by atoms with E-state index in [0.29, 0.717) is 0 Å². The number of hydrogen-bond donors (Lipinski definition) is 0. The van der Waals surface area contributed by atoms with E-state index < -0.39 is 0 Å². The summed E-state index contributed by atoms with van der Waals surface area (Å²) in [5.41, 5.74) is 2.72. The Morgan fingerprint density at radius 2 is 1.48 bits per heavy atom. The van der Waals surface area contributed by atoms with Crippen molar-refractivity contribution >= 4 is 32.5 Å². The molecule has 0 aromatic heterocycles. The second-order valence-electron chi connectivity index (χ2n) is 5.09. The fourth-order valence-corrected chi connectivity index (χ4v) is 2.80. The Labute approximate surface area is 132 Å². The van der Waals surface area contributed by atoms with Crippen LogP contribution in [0.5, 0.6) is 0 Å². The molecule has 21 heavy (non-hydrogen) atoms. The van der Waals surface area contributed by atoms with E-state index in [2.05, 4.69) is 28.9 Å². The summed E-state index contributed by atoms with van der Waals surface area (Å²) in [6.45, 7) is 2.11. The molecule has 0 fully saturated rings. The lowest BCUT2D eigenvalue weighted by Gasteiger charge is -2.05. The molecule has 0 unspecified atom stereocenters. The molecule has 0 saturated heterocycles. The van der Waals surface area contributed by atoms with Gasteiger partial charge in [0.05, 0.1) is 0 Å². The van der Waals surface area contributed by atoms with Gasteiger partial charge in [0, 0.05) is 15.6 Å². The van der Waals surface area contributed by atoms with Crippen molar-refractivity contribution in [3.63, 3.8) is 0 Å². The summed E-state index contributed by atoms with van der Waals surface area (Å²) < 4.78 is 1.05. The maximum atomic E-state index is 12.5. The van der Waals surface area contributed by atoms with Crippen LogP contribution in [0.4, 0.5) is 0 Å². The minimum Gasteiger partial charge on any atom is -0.289 e. The molecule has 0 radical (unpaired) electrons. The molecule has 3 aromatic carbocycles. The largest absolute Gasteiger partial charge is 0.289 e. The number of aryl methyl sites for hydroxylation is 1. The summed E-state index contributed by atoms with van der Waals surface area (Å²) in [6, 6.07) is 19.8. The highest BCUT2D eigenvalue weighted by Gasteiger charge is 2.09. The van der Waals surface area contributed by atoms with Crippen molar-refractivity contribution in [2.24, 2.45) is 0 Å². The first kappa shape index (κ1) is 14.0. The summed E-state index contributed by atoms with van der Waals surface area (Å²) in [6.07, 6.45) is 0.985. The van der Waals surface area contributed by atoms with Crippen LogP contribution >= 0.6 is 15.9 Å². The van der Waals surface area contributed by atoms with Crippen molar-refractivity contribution in [3.8, 4) is 0 Å². The molecule has 0 N–H and O–H groups in total. The van der Waals surface area contributed by atoms with E-state index in [9.17, 15) is 4.79 Å². The van der Waals surface area contributed by atoms with Crippen LogP contribution in [0.3, 0.4) is 0 Å². The molecule has 0 aliphatic rings. The summed E-state index contributed by atoms with van der Waals surface area (Å²) >= 11 is 3.46. The third-order valence-electron chi connectivity index (χ3n) is 3.69. The van der Waals surface area contributed by atoms with Crippen molar-refractivity contribution in [1.29, 1.82) is 0 Å². The third kappa shape index (κ3) is 2.91. The summed E-state index contributed by atoms with van der Waals surface area (Å²) in [5.74, 6) is 0.0717. The summed E-state index contributed by atoms with van der Waals surface area (Å²) in [5, 5.41) is 2.21. The Balaban J connectivity index is 1.98. The number of carbonyl (C=O) groups excluding carboxylic acids is 1. The first-order chi connectivity index (χ1) is 10.2. The van der Waals surface area contributed by atoms with Gasteiger partial charge < -0.3 is 0 Å². The van der Waals surface area contributed by atoms with Gasteiger partial charge in [-0.2, -0.15) is 0 Å². The highest BCUT2D eigenvalue weighted by molar-refractivity contribution is 9.10. The molecular formula is C19H15BrO. The molecule has 2 heteroatoms. The molecule has 0 aliphatic carbocycles. The minimum atomic E-state index is 0.0717. The van der Waals surface area contributed by atoms with Crippen molar-refractivity contribution in [3.05, 3.63) is 81.8 Å². The Morgan fingerprint density at radius 3 is 2.19 bits per heavy atom. The van der Waals surface area contributed by atoms with Gasteiger partial charge in [-0.15, -0.1) is 0 Å². The first-order valence-electron chi connectivity index (χ1n) is 7.00. The van der Waals surface area contributed by atoms with Gasteiger partial charge in [0.25, 0.3) is 0 Å². The van der Waals surface area contributed by atoms with E-state index in [1.54, 1.807) is 0 Å². The van der Waals surface area contributed by atoms with Crippen LogP contribution in [-0.4, -0.2) is 5.78 Å². The molecule has 3 aromatic rings. The molecule has 0 saturated carbocycles. The van der Waals surface area contributed by atoms with E-state index in [1.165, 1.54) is 5.56 Å². The quantitative estimate of drug-likeness (QED) is 0.584. The number of rotatable bonds is 3. The molecule has 104 valence electrons. The van der Waals surface area contributed by atoms with Crippen LogP contribution in [0, 0.1) is 0 Å². The van der Waals surface area contributed by atoms with Gasteiger partial charge in [-0.3, -0.25) is 4.79 Å². The van der Waals surface area contributed by atoms with E-state index in [1.807, 2.05) is 54.6 Å².